The van der Waals surface area contributed by atoms with Gasteiger partial charge >= 0.3 is 0 Å². The molecule has 4 amide bonds. The van der Waals surface area contributed by atoms with Crippen molar-refractivity contribution in [2.75, 3.05) is 16.4 Å². The molecule has 6 N–H and O–H groups in total. The van der Waals surface area contributed by atoms with Gasteiger partial charge in [0.05, 0.1) is 5.75 Å². The smallest absolute Gasteiger partial charge is 0.248 e. The zero-order chi connectivity index (χ0) is 20.0. The summed E-state index contributed by atoms with van der Waals surface area (Å²) in [4.78, 5) is 46.7. The molecule has 0 bridgehead atoms. The number of amides is 4. The highest BCUT2D eigenvalue weighted by Gasteiger charge is 2.11. The summed E-state index contributed by atoms with van der Waals surface area (Å²) in [6.07, 6.45) is 0. The van der Waals surface area contributed by atoms with Gasteiger partial charge in [-0.2, -0.15) is 0 Å². The lowest BCUT2D eigenvalue weighted by Crippen LogP contribution is -2.18. The molecule has 2 aromatic carbocycles. The van der Waals surface area contributed by atoms with Gasteiger partial charge in [0.25, 0.3) is 0 Å². The van der Waals surface area contributed by atoms with Gasteiger partial charge in [-0.1, -0.05) is 0 Å². The molecule has 0 fully saturated rings. The summed E-state index contributed by atoms with van der Waals surface area (Å²) in [7, 11) is 0. The summed E-state index contributed by atoms with van der Waals surface area (Å²) in [5.41, 5.74) is 11.5. The van der Waals surface area contributed by atoms with E-state index in [9.17, 15) is 19.2 Å². The number of primary amides is 2. The molecule has 0 radical (unpaired) electrons. The lowest BCUT2D eigenvalue weighted by molar-refractivity contribution is -0.114. The Kier molecular flexibility index (Phi) is 6.56. The largest absolute Gasteiger partial charge is 0.366 e. The number of nitrogens with one attached hydrogen (secondary N) is 2. The fourth-order valence-electron chi connectivity index (χ4n) is 2.17. The van der Waals surface area contributed by atoms with E-state index in [1.165, 1.54) is 36.9 Å². The number of carbonyl (C=O) groups is 4. The first-order valence-electron chi connectivity index (χ1n) is 7.79. The summed E-state index contributed by atoms with van der Waals surface area (Å²) in [5.74, 6) is -1.86. The highest BCUT2D eigenvalue weighted by Crippen LogP contribution is 2.21. The third-order valence-corrected chi connectivity index (χ3v) is 4.34. The molecule has 0 saturated heterocycles. The van der Waals surface area contributed by atoms with E-state index in [1.807, 2.05) is 0 Å². The number of anilines is 2. The van der Waals surface area contributed by atoms with Gasteiger partial charge in [-0.25, -0.2) is 0 Å². The van der Waals surface area contributed by atoms with Crippen molar-refractivity contribution >= 4 is 46.8 Å². The molecule has 27 heavy (non-hydrogen) atoms. The number of nitrogens with two attached hydrogens (primary N) is 2. The van der Waals surface area contributed by atoms with Crippen molar-refractivity contribution in [2.45, 2.75) is 11.8 Å². The Morgan fingerprint density at radius 2 is 1.41 bits per heavy atom. The van der Waals surface area contributed by atoms with Gasteiger partial charge in [-0.15, -0.1) is 11.8 Å². The molecular formula is C18H18N4O4S. The second-order valence-electron chi connectivity index (χ2n) is 5.57. The third-order valence-electron chi connectivity index (χ3n) is 3.33. The summed E-state index contributed by atoms with van der Waals surface area (Å²) < 4.78 is 0. The third kappa shape index (κ3) is 6.15. The Morgan fingerprint density at radius 1 is 0.852 bits per heavy atom. The van der Waals surface area contributed by atoms with Crippen molar-refractivity contribution in [3.63, 3.8) is 0 Å². The summed E-state index contributed by atoms with van der Waals surface area (Å²) in [5, 5.41) is 5.26. The first-order chi connectivity index (χ1) is 12.7. The zero-order valence-corrected chi connectivity index (χ0v) is 15.3. The van der Waals surface area contributed by atoms with Crippen LogP contribution in [-0.4, -0.2) is 29.4 Å². The average molecular weight is 386 g/mol. The number of benzene rings is 2. The molecule has 8 nitrogen and oxygen atoms in total. The first kappa shape index (κ1) is 20.0. The van der Waals surface area contributed by atoms with E-state index >= 15 is 0 Å². The van der Waals surface area contributed by atoms with Gasteiger partial charge in [-0.05, 0) is 42.5 Å². The number of hydrogen-bond donors (Lipinski definition) is 4. The van der Waals surface area contributed by atoms with Crippen molar-refractivity contribution in [3.8, 4) is 0 Å². The van der Waals surface area contributed by atoms with E-state index in [2.05, 4.69) is 10.6 Å². The van der Waals surface area contributed by atoms with E-state index < -0.39 is 11.8 Å². The SMILES string of the molecule is CC(=O)Nc1ccc(SCC(=O)Nc2cc(C(N)=O)cc(C(N)=O)c2)cc1. The van der Waals surface area contributed by atoms with Crippen LogP contribution in [0.1, 0.15) is 27.6 Å². The van der Waals surface area contributed by atoms with Crippen LogP contribution in [0.4, 0.5) is 11.4 Å². The molecule has 0 aliphatic heterocycles. The molecule has 2 rings (SSSR count). The van der Waals surface area contributed by atoms with Crippen LogP contribution in [0.25, 0.3) is 0 Å². The van der Waals surface area contributed by atoms with Gasteiger partial charge < -0.3 is 22.1 Å². The molecule has 9 heteroatoms. The van der Waals surface area contributed by atoms with Gasteiger partial charge in [0, 0.05) is 34.3 Å². The van der Waals surface area contributed by atoms with Gasteiger partial charge in [0.1, 0.15) is 0 Å². The minimum absolute atomic E-state index is 0.0720. The lowest BCUT2D eigenvalue weighted by atomic mass is 10.1. The van der Waals surface area contributed by atoms with Gasteiger partial charge in [0.15, 0.2) is 0 Å². The van der Waals surface area contributed by atoms with Crippen LogP contribution < -0.4 is 22.1 Å². The Bertz CT molecular complexity index is 864. The standard InChI is InChI=1S/C18H18N4O4S/c1-10(23)21-13-2-4-15(5-3-13)27-9-16(24)22-14-7-11(17(19)25)6-12(8-14)18(20)26/h2-8H,9H2,1H3,(H2,19,25)(H2,20,26)(H,21,23)(H,22,24). The molecule has 140 valence electrons. The van der Waals surface area contributed by atoms with Crippen molar-refractivity contribution in [1.82, 2.24) is 0 Å². The van der Waals surface area contributed by atoms with Gasteiger partial charge in [-0.3, -0.25) is 19.2 Å². The highest BCUT2D eigenvalue weighted by atomic mass is 32.2. The molecule has 0 aliphatic carbocycles. The van der Waals surface area contributed by atoms with Crippen LogP contribution in [0.15, 0.2) is 47.4 Å². The predicted octanol–water partition coefficient (Wildman–Crippen LogP) is 1.57. The van der Waals surface area contributed by atoms with Crippen molar-refractivity contribution in [3.05, 3.63) is 53.6 Å². The van der Waals surface area contributed by atoms with Crippen LogP contribution in [-0.2, 0) is 9.59 Å². The maximum absolute atomic E-state index is 12.1. The van der Waals surface area contributed by atoms with Crippen LogP contribution >= 0.6 is 11.8 Å². The zero-order valence-electron chi connectivity index (χ0n) is 14.4. The van der Waals surface area contributed by atoms with E-state index in [4.69, 9.17) is 11.5 Å². The van der Waals surface area contributed by atoms with E-state index in [0.717, 1.165) is 4.90 Å². The summed E-state index contributed by atoms with van der Waals surface area (Å²) >= 11 is 1.29. The number of thioether (sulfide) groups is 1. The molecule has 0 unspecified atom stereocenters. The van der Waals surface area contributed by atoms with E-state index in [1.54, 1.807) is 24.3 Å². The average Bonchev–Trinajstić information content (AvgIpc) is 2.60. The highest BCUT2D eigenvalue weighted by molar-refractivity contribution is 8.00. The summed E-state index contributed by atoms with van der Waals surface area (Å²) in [6.45, 7) is 1.42. The van der Waals surface area contributed by atoms with Crippen LogP contribution in [0, 0.1) is 0 Å². The predicted molar refractivity (Wildman–Crippen MR) is 104 cm³/mol. The minimum atomic E-state index is -0.734. The fourth-order valence-corrected chi connectivity index (χ4v) is 2.87. The number of rotatable bonds is 7. The van der Waals surface area contributed by atoms with Crippen molar-refractivity contribution in [2.24, 2.45) is 11.5 Å². The normalized spacial score (nSPS) is 10.1. The Labute approximate surface area is 159 Å². The van der Waals surface area contributed by atoms with E-state index in [0.29, 0.717) is 5.69 Å². The Hall–Kier alpha value is -3.33. The maximum Gasteiger partial charge on any atom is 0.248 e. The summed E-state index contributed by atoms with van der Waals surface area (Å²) in [6, 6.07) is 11.0. The molecule has 0 saturated carbocycles. The second-order valence-corrected chi connectivity index (χ2v) is 6.62. The maximum atomic E-state index is 12.1. The number of carbonyl (C=O) groups excluding carboxylic acids is 4. The molecule has 0 aromatic heterocycles. The molecule has 0 atom stereocenters. The molecule has 0 spiro atoms. The first-order valence-corrected chi connectivity index (χ1v) is 8.78. The fraction of sp³-hybridized carbons (Fsp3) is 0.111. The molecule has 0 aliphatic rings. The second kappa shape index (κ2) is 8.86. The Balaban J connectivity index is 2.00. The topological polar surface area (TPSA) is 144 Å². The molecular weight excluding hydrogens is 368 g/mol. The molecule has 0 heterocycles. The van der Waals surface area contributed by atoms with Crippen LogP contribution in [0.5, 0.6) is 0 Å². The number of hydrogen-bond acceptors (Lipinski definition) is 5. The van der Waals surface area contributed by atoms with Crippen molar-refractivity contribution in [1.29, 1.82) is 0 Å². The lowest BCUT2D eigenvalue weighted by Gasteiger charge is -2.09. The van der Waals surface area contributed by atoms with Crippen LogP contribution in [0.3, 0.4) is 0 Å². The monoisotopic (exact) mass is 386 g/mol. The van der Waals surface area contributed by atoms with Crippen molar-refractivity contribution < 1.29 is 19.2 Å². The van der Waals surface area contributed by atoms with E-state index in [-0.39, 0.29) is 34.4 Å². The van der Waals surface area contributed by atoms with Gasteiger partial charge in [0.2, 0.25) is 23.6 Å². The Morgan fingerprint density at radius 3 is 1.89 bits per heavy atom. The quantitative estimate of drug-likeness (QED) is 0.534. The van der Waals surface area contributed by atoms with Crippen LogP contribution in [0.2, 0.25) is 0 Å². The minimum Gasteiger partial charge on any atom is -0.366 e. The molecule has 2 aromatic rings.